The second kappa shape index (κ2) is 7.58. The van der Waals surface area contributed by atoms with Gasteiger partial charge in [-0.1, -0.05) is 0 Å². The van der Waals surface area contributed by atoms with Crippen molar-refractivity contribution in [1.29, 1.82) is 0 Å². The van der Waals surface area contributed by atoms with Gasteiger partial charge < -0.3 is 9.64 Å². The quantitative estimate of drug-likeness (QED) is 0.645. The largest absolute Gasteiger partial charge is 0.481 e. The van der Waals surface area contributed by atoms with Gasteiger partial charge in [0.15, 0.2) is 5.65 Å². The highest BCUT2D eigenvalue weighted by Crippen LogP contribution is 2.34. The molecule has 0 unspecified atom stereocenters. The number of carbonyl (C=O) groups excluding carboxylic acids is 1. The smallest absolute Gasteiger partial charge is 0.433 e. The predicted molar refractivity (Wildman–Crippen MR) is 101 cm³/mol. The third kappa shape index (κ3) is 3.69. The molecule has 0 spiro atoms. The number of rotatable bonds is 3. The number of amides is 1. The maximum absolute atomic E-state index is 13.5. The number of carbonyl (C=O) groups is 1. The van der Waals surface area contributed by atoms with Crippen molar-refractivity contribution in [2.24, 2.45) is 0 Å². The topological polar surface area (TPSA) is 72.6 Å². The highest BCUT2D eigenvalue weighted by molar-refractivity contribution is 5.94. The fraction of sp³-hybridized carbons (Fsp3) is 0.400. The summed E-state index contributed by atoms with van der Waals surface area (Å²) in [4.78, 5) is 23.0. The van der Waals surface area contributed by atoms with Gasteiger partial charge in [-0.05, 0) is 38.3 Å². The third-order valence-electron chi connectivity index (χ3n) is 5.16. The second-order valence-electron chi connectivity index (χ2n) is 7.22. The average Bonchev–Trinajstić information content (AvgIpc) is 3.15. The number of hydrogen-bond acceptors (Lipinski definition) is 5. The molecule has 1 amide bonds. The molecular weight excluding hydrogens is 399 g/mol. The van der Waals surface area contributed by atoms with E-state index in [0.717, 1.165) is 23.4 Å². The lowest BCUT2D eigenvalue weighted by atomic mass is 9.98. The first-order valence-electron chi connectivity index (χ1n) is 9.53. The van der Waals surface area contributed by atoms with Gasteiger partial charge in [-0.25, -0.2) is 14.5 Å². The van der Waals surface area contributed by atoms with Crippen LogP contribution in [-0.2, 0) is 6.18 Å². The van der Waals surface area contributed by atoms with Crippen molar-refractivity contribution in [2.45, 2.75) is 38.4 Å². The summed E-state index contributed by atoms with van der Waals surface area (Å²) in [7, 11) is 1.46. The lowest BCUT2D eigenvalue weighted by Crippen LogP contribution is -2.38. The summed E-state index contributed by atoms with van der Waals surface area (Å²) >= 11 is 0. The molecule has 3 aromatic heterocycles. The van der Waals surface area contributed by atoms with Crippen LogP contribution >= 0.6 is 0 Å². The molecule has 1 aliphatic rings. The molecule has 1 aliphatic heterocycles. The summed E-state index contributed by atoms with van der Waals surface area (Å²) in [6.45, 7) is 2.00. The van der Waals surface area contributed by atoms with Gasteiger partial charge in [0, 0.05) is 36.1 Å². The maximum Gasteiger partial charge on any atom is 0.433 e. The highest BCUT2D eigenvalue weighted by atomic mass is 19.4. The number of methoxy groups -OCH3 is 1. The number of hydrogen-bond donors (Lipinski definition) is 0. The number of halogens is 3. The van der Waals surface area contributed by atoms with E-state index in [4.69, 9.17) is 4.74 Å². The van der Waals surface area contributed by atoms with E-state index in [1.165, 1.54) is 26.3 Å². The third-order valence-corrected chi connectivity index (χ3v) is 5.16. The van der Waals surface area contributed by atoms with Gasteiger partial charge in [-0.2, -0.15) is 18.3 Å². The van der Waals surface area contributed by atoms with Crippen LogP contribution in [0.5, 0.6) is 5.88 Å². The zero-order valence-corrected chi connectivity index (χ0v) is 16.5. The van der Waals surface area contributed by atoms with E-state index in [9.17, 15) is 18.0 Å². The zero-order chi connectivity index (χ0) is 21.5. The van der Waals surface area contributed by atoms with Crippen molar-refractivity contribution in [2.75, 3.05) is 13.7 Å². The van der Waals surface area contributed by atoms with Gasteiger partial charge in [-0.15, -0.1) is 0 Å². The van der Waals surface area contributed by atoms with Crippen LogP contribution in [0.25, 0.3) is 5.65 Å². The lowest BCUT2D eigenvalue weighted by Gasteiger charge is -2.34. The Morgan fingerprint density at radius 1 is 1.23 bits per heavy atom. The normalized spacial score (nSPS) is 17.4. The molecule has 1 atom stereocenters. The number of pyridine rings is 1. The van der Waals surface area contributed by atoms with Gasteiger partial charge in [-0.3, -0.25) is 4.79 Å². The van der Waals surface area contributed by atoms with Gasteiger partial charge in [0.25, 0.3) is 5.91 Å². The van der Waals surface area contributed by atoms with E-state index < -0.39 is 17.9 Å². The van der Waals surface area contributed by atoms with Gasteiger partial charge in [0.05, 0.1) is 18.8 Å². The molecule has 10 heteroatoms. The number of aryl methyl sites for hydroxylation is 1. The fourth-order valence-corrected chi connectivity index (χ4v) is 3.78. The number of piperidine rings is 1. The molecule has 0 radical (unpaired) electrons. The molecule has 3 aromatic rings. The molecule has 158 valence electrons. The molecule has 30 heavy (non-hydrogen) atoms. The van der Waals surface area contributed by atoms with Crippen LogP contribution in [0, 0.1) is 6.92 Å². The Bertz CT molecular complexity index is 1100. The van der Waals surface area contributed by atoms with Crippen molar-refractivity contribution in [3.63, 3.8) is 0 Å². The summed E-state index contributed by atoms with van der Waals surface area (Å²) in [5.74, 6) is 0.0780. The minimum Gasteiger partial charge on any atom is -0.481 e. The Kier molecular flexibility index (Phi) is 5.08. The average molecular weight is 419 g/mol. The zero-order valence-electron chi connectivity index (χ0n) is 16.5. The van der Waals surface area contributed by atoms with E-state index in [2.05, 4.69) is 15.1 Å². The number of alkyl halides is 3. The van der Waals surface area contributed by atoms with Crippen molar-refractivity contribution in [3.8, 4) is 5.88 Å². The van der Waals surface area contributed by atoms with E-state index in [1.54, 1.807) is 17.0 Å². The van der Waals surface area contributed by atoms with Gasteiger partial charge >= 0.3 is 6.18 Å². The molecular formula is C20H20F3N5O2. The summed E-state index contributed by atoms with van der Waals surface area (Å²) < 4.78 is 46.3. The molecule has 0 aromatic carbocycles. The van der Waals surface area contributed by atoms with Gasteiger partial charge in [0.1, 0.15) is 5.69 Å². The van der Waals surface area contributed by atoms with Crippen molar-refractivity contribution in [1.82, 2.24) is 24.5 Å². The second-order valence-corrected chi connectivity index (χ2v) is 7.22. The minimum absolute atomic E-state index is 0.112. The van der Waals surface area contributed by atoms with E-state index in [0.29, 0.717) is 30.1 Å². The van der Waals surface area contributed by atoms with Crippen LogP contribution < -0.4 is 4.74 Å². The minimum atomic E-state index is -4.56. The highest BCUT2D eigenvalue weighted by Gasteiger charge is 2.36. The first kappa shape index (κ1) is 20.1. The van der Waals surface area contributed by atoms with Crippen molar-refractivity contribution < 1.29 is 22.7 Å². The number of nitrogens with zero attached hydrogens (tertiary/aromatic N) is 5. The molecule has 4 heterocycles. The van der Waals surface area contributed by atoms with E-state index in [-0.39, 0.29) is 17.2 Å². The van der Waals surface area contributed by atoms with Crippen molar-refractivity contribution in [3.05, 3.63) is 53.1 Å². The van der Waals surface area contributed by atoms with E-state index >= 15 is 0 Å². The summed E-state index contributed by atoms with van der Waals surface area (Å²) in [5.41, 5.74) is 0.279. The summed E-state index contributed by atoms with van der Waals surface area (Å²) in [6, 6.07) is 5.20. The molecule has 0 saturated carbocycles. The van der Waals surface area contributed by atoms with E-state index in [1.807, 2.05) is 0 Å². The molecule has 0 aliphatic carbocycles. The molecule has 1 saturated heterocycles. The predicted octanol–water partition coefficient (Wildman–Crippen LogP) is 3.83. The molecule has 4 rings (SSSR count). The standard InChI is InChI=1S/C20H20F3N5O2/c1-12-9-16(20(21,22)23)28-17(25-12)11-14(26-28)15-5-3-4-8-27(15)19(29)13-6-7-24-18(10-13)30-2/h6-7,9-11,15H,3-5,8H2,1-2H3/t15-/m0/s1. The van der Waals surface area contributed by atoms with Crippen LogP contribution in [0.1, 0.15) is 52.7 Å². The van der Waals surface area contributed by atoms with Crippen LogP contribution in [0.4, 0.5) is 13.2 Å². The summed E-state index contributed by atoms with van der Waals surface area (Å²) in [5, 5.41) is 4.21. The molecule has 1 fully saturated rings. The van der Waals surface area contributed by atoms with Crippen LogP contribution in [0.2, 0.25) is 0 Å². The first-order chi connectivity index (χ1) is 14.3. The monoisotopic (exact) mass is 419 g/mol. The number of aromatic nitrogens is 4. The number of likely N-dealkylation sites (tertiary alicyclic amines) is 1. The molecule has 7 nitrogen and oxygen atoms in total. The number of fused-ring (bicyclic) bond motifs is 1. The Morgan fingerprint density at radius 3 is 2.77 bits per heavy atom. The fourth-order valence-electron chi connectivity index (χ4n) is 3.78. The molecule has 0 bridgehead atoms. The van der Waals surface area contributed by atoms with Gasteiger partial charge in [0.2, 0.25) is 5.88 Å². The first-order valence-corrected chi connectivity index (χ1v) is 9.53. The lowest BCUT2D eigenvalue weighted by molar-refractivity contribution is -0.142. The maximum atomic E-state index is 13.5. The van der Waals surface area contributed by atoms with Crippen LogP contribution in [-0.4, -0.2) is 44.0 Å². The Balaban J connectivity index is 1.74. The van der Waals surface area contributed by atoms with Crippen molar-refractivity contribution >= 4 is 11.6 Å². The number of ether oxygens (including phenoxy) is 1. The Morgan fingerprint density at radius 2 is 2.03 bits per heavy atom. The Labute approximate surface area is 170 Å². The van der Waals surface area contributed by atoms with Crippen LogP contribution in [0.3, 0.4) is 0 Å². The summed E-state index contributed by atoms with van der Waals surface area (Å²) in [6.07, 6.45) is -0.815. The molecule has 0 N–H and O–H groups in total. The SMILES string of the molecule is COc1cc(C(=O)N2CCCC[C@H]2c2cc3nc(C)cc(C(F)(F)F)n3n2)ccn1. The van der Waals surface area contributed by atoms with Crippen LogP contribution in [0.15, 0.2) is 30.5 Å². The Hall–Kier alpha value is -3.17.